The molecule has 1 saturated heterocycles. The monoisotopic (exact) mass is 195 g/mol. The van der Waals surface area contributed by atoms with Crippen LogP contribution in [0.5, 0.6) is 0 Å². The Bertz CT molecular complexity index is 316. The molecule has 0 spiro atoms. The van der Waals surface area contributed by atoms with Crippen LogP contribution in [0.1, 0.15) is 11.6 Å². The maximum atomic E-state index is 12.9. The molecule has 1 aromatic heterocycles. The van der Waals surface area contributed by atoms with Crippen molar-refractivity contribution in [3.05, 3.63) is 29.8 Å². The number of nitrogens with zero attached hydrogens (tertiary/aromatic N) is 2. The maximum absolute atomic E-state index is 12.9. The summed E-state index contributed by atoms with van der Waals surface area (Å²) in [7, 11) is 2.07. The van der Waals surface area contributed by atoms with Gasteiger partial charge in [-0.15, -0.1) is 0 Å². The fourth-order valence-corrected chi connectivity index (χ4v) is 1.74. The van der Waals surface area contributed by atoms with Crippen LogP contribution in [0.2, 0.25) is 0 Å². The van der Waals surface area contributed by atoms with Crippen molar-refractivity contribution in [2.24, 2.45) is 0 Å². The Morgan fingerprint density at radius 2 is 2.43 bits per heavy atom. The third kappa shape index (κ3) is 2.08. The minimum absolute atomic E-state index is 0.206. The van der Waals surface area contributed by atoms with Gasteiger partial charge in [0, 0.05) is 31.9 Å². The first-order chi connectivity index (χ1) is 6.75. The number of rotatable bonds is 1. The first kappa shape index (κ1) is 9.55. The second-order valence-corrected chi connectivity index (χ2v) is 3.71. The molecule has 1 aliphatic rings. The summed E-state index contributed by atoms with van der Waals surface area (Å²) in [4.78, 5) is 6.08. The topological polar surface area (TPSA) is 28.2 Å². The summed E-state index contributed by atoms with van der Waals surface area (Å²) >= 11 is 0. The molecule has 4 heteroatoms. The van der Waals surface area contributed by atoms with E-state index in [1.807, 2.05) is 0 Å². The lowest BCUT2D eigenvalue weighted by molar-refractivity contribution is 0.240. The summed E-state index contributed by atoms with van der Waals surface area (Å²) < 4.78 is 12.9. The molecule has 0 radical (unpaired) electrons. The number of pyridine rings is 1. The van der Waals surface area contributed by atoms with Crippen molar-refractivity contribution in [2.45, 2.75) is 6.04 Å². The molecule has 1 atom stereocenters. The molecule has 0 saturated carbocycles. The van der Waals surface area contributed by atoms with Crippen molar-refractivity contribution >= 4 is 0 Å². The van der Waals surface area contributed by atoms with E-state index in [1.54, 1.807) is 12.3 Å². The van der Waals surface area contributed by atoms with Gasteiger partial charge in [-0.3, -0.25) is 4.98 Å². The molecule has 1 fully saturated rings. The zero-order valence-corrected chi connectivity index (χ0v) is 8.20. The fraction of sp³-hybridized carbons (Fsp3) is 0.500. The van der Waals surface area contributed by atoms with Crippen molar-refractivity contribution in [3.8, 4) is 0 Å². The molecule has 14 heavy (non-hydrogen) atoms. The lowest BCUT2D eigenvalue weighted by atomic mass is 10.1. The van der Waals surface area contributed by atoms with Gasteiger partial charge in [-0.05, 0) is 18.7 Å². The summed E-state index contributed by atoms with van der Waals surface area (Å²) in [5, 5.41) is 3.34. The van der Waals surface area contributed by atoms with Gasteiger partial charge in [0.05, 0.1) is 6.20 Å². The largest absolute Gasteiger partial charge is 0.308 e. The average Bonchev–Trinajstić information content (AvgIpc) is 2.18. The molecule has 76 valence electrons. The van der Waals surface area contributed by atoms with Gasteiger partial charge in [0.15, 0.2) is 0 Å². The van der Waals surface area contributed by atoms with Crippen LogP contribution in [0.25, 0.3) is 0 Å². The Hall–Kier alpha value is -1.00. The van der Waals surface area contributed by atoms with Gasteiger partial charge >= 0.3 is 0 Å². The third-order valence-corrected chi connectivity index (χ3v) is 2.51. The number of piperazine rings is 1. The fourth-order valence-electron chi connectivity index (χ4n) is 1.74. The number of aromatic nitrogens is 1. The second-order valence-electron chi connectivity index (χ2n) is 3.71. The minimum atomic E-state index is -0.266. The normalized spacial score (nSPS) is 23.7. The zero-order chi connectivity index (χ0) is 9.97. The quantitative estimate of drug-likeness (QED) is 0.718. The van der Waals surface area contributed by atoms with Crippen molar-refractivity contribution in [3.63, 3.8) is 0 Å². The van der Waals surface area contributed by atoms with Gasteiger partial charge in [-0.2, -0.15) is 0 Å². The predicted octanol–water partition coefficient (Wildman–Crippen LogP) is 0.797. The number of hydrogen-bond acceptors (Lipinski definition) is 3. The van der Waals surface area contributed by atoms with Gasteiger partial charge in [-0.25, -0.2) is 4.39 Å². The van der Waals surface area contributed by atoms with Crippen LogP contribution < -0.4 is 5.32 Å². The first-order valence-corrected chi connectivity index (χ1v) is 4.78. The third-order valence-electron chi connectivity index (χ3n) is 2.51. The first-order valence-electron chi connectivity index (χ1n) is 4.78. The Morgan fingerprint density at radius 1 is 1.57 bits per heavy atom. The van der Waals surface area contributed by atoms with E-state index in [4.69, 9.17) is 0 Å². The van der Waals surface area contributed by atoms with Crippen LogP contribution in [0, 0.1) is 5.82 Å². The number of hydrogen-bond donors (Lipinski definition) is 1. The molecule has 0 amide bonds. The zero-order valence-electron chi connectivity index (χ0n) is 8.20. The van der Waals surface area contributed by atoms with Crippen LogP contribution in [-0.4, -0.2) is 36.6 Å². The average molecular weight is 195 g/mol. The van der Waals surface area contributed by atoms with Gasteiger partial charge in [0.1, 0.15) is 5.82 Å². The van der Waals surface area contributed by atoms with Crippen molar-refractivity contribution in [2.75, 3.05) is 26.7 Å². The highest BCUT2D eigenvalue weighted by molar-refractivity contribution is 5.16. The second kappa shape index (κ2) is 4.02. The van der Waals surface area contributed by atoms with E-state index in [2.05, 4.69) is 22.2 Å². The smallest absolute Gasteiger partial charge is 0.141 e. The predicted molar refractivity (Wildman–Crippen MR) is 52.4 cm³/mol. The molecule has 1 aromatic rings. The van der Waals surface area contributed by atoms with Crippen LogP contribution >= 0.6 is 0 Å². The lowest BCUT2D eigenvalue weighted by Gasteiger charge is -2.30. The highest BCUT2D eigenvalue weighted by Gasteiger charge is 2.18. The Kier molecular flexibility index (Phi) is 2.74. The minimum Gasteiger partial charge on any atom is -0.308 e. The van der Waals surface area contributed by atoms with Crippen LogP contribution in [0.4, 0.5) is 4.39 Å². The van der Waals surface area contributed by atoms with E-state index < -0.39 is 0 Å². The molecule has 1 N–H and O–H groups in total. The standard InChI is InChI=1S/C10H14FN3/c1-14-3-2-13-10(7-14)8-4-9(11)6-12-5-8/h4-6,10,13H,2-3,7H2,1H3. The molecule has 1 unspecified atom stereocenters. The van der Waals surface area contributed by atoms with E-state index in [0.717, 1.165) is 25.2 Å². The van der Waals surface area contributed by atoms with Gasteiger partial charge < -0.3 is 10.2 Å². The molecule has 0 aromatic carbocycles. The number of nitrogens with one attached hydrogen (secondary N) is 1. The number of halogens is 1. The Labute approximate surface area is 82.9 Å². The summed E-state index contributed by atoms with van der Waals surface area (Å²) in [5.41, 5.74) is 0.927. The molecule has 2 heterocycles. The maximum Gasteiger partial charge on any atom is 0.141 e. The summed E-state index contributed by atoms with van der Waals surface area (Å²) in [6.45, 7) is 2.89. The Morgan fingerprint density at radius 3 is 3.14 bits per heavy atom. The summed E-state index contributed by atoms with van der Waals surface area (Å²) in [6.07, 6.45) is 2.95. The van der Waals surface area contributed by atoms with E-state index >= 15 is 0 Å². The van der Waals surface area contributed by atoms with E-state index in [0.29, 0.717) is 0 Å². The highest BCUT2D eigenvalue weighted by Crippen LogP contribution is 2.15. The van der Waals surface area contributed by atoms with Gasteiger partial charge in [0.2, 0.25) is 0 Å². The van der Waals surface area contributed by atoms with Crippen molar-refractivity contribution in [1.29, 1.82) is 0 Å². The van der Waals surface area contributed by atoms with Crippen molar-refractivity contribution < 1.29 is 4.39 Å². The van der Waals surface area contributed by atoms with Gasteiger partial charge in [0.25, 0.3) is 0 Å². The van der Waals surface area contributed by atoms with Crippen LogP contribution in [-0.2, 0) is 0 Å². The molecule has 0 bridgehead atoms. The molecule has 1 aliphatic heterocycles. The molecule has 2 rings (SSSR count). The SMILES string of the molecule is CN1CCNC(c2cncc(F)c2)C1. The molecule has 0 aliphatic carbocycles. The van der Waals surface area contributed by atoms with Crippen LogP contribution in [0.3, 0.4) is 0 Å². The molecular formula is C10H14FN3. The Balaban J connectivity index is 2.14. The summed E-state index contributed by atoms with van der Waals surface area (Å²) in [5.74, 6) is -0.266. The van der Waals surface area contributed by atoms with Crippen LogP contribution in [0.15, 0.2) is 18.5 Å². The number of likely N-dealkylation sites (N-methyl/N-ethyl adjacent to an activating group) is 1. The van der Waals surface area contributed by atoms with E-state index in [1.165, 1.54) is 6.20 Å². The van der Waals surface area contributed by atoms with Gasteiger partial charge in [-0.1, -0.05) is 0 Å². The molecular weight excluding hydrogens is 181 g/mol. The summed E-state index contributed by atoms with van der Waals surface area (Å²) in [6, 6.07) is 1.75. The van der Waals surface area contributed by atoms with E-state index in [9.17, 15) is 4.39 Å². The molecule has 3 nitrogen and oxygen atoms in total. The lowest BCUT2D eigenvalue weighted by Crippen LogP contribution is -2.43. The van der Waals surface area contributed by atoms with E-state index in [-0.39, 0.29) is 11.9 Å². The highest BCUT2D eigenvalue weighted by atomic mass is 19.1. The van der Waals surface area contributed by atoms with Crippen molar-refractivity contribution in [1.82, 2.24) is 15.2 Å².